The van der Waals surface area contributed by atoms with Gasteiger partial charge in [0.05, 0.1) is 22.7 Å². The van der Waals surface area contributed by atoms with Crippen molar-refractivity contribution < 1.29 is 13.5 Å². The van der Waals surface area contributed by atoms with Crippen molar-refractivity contribution in [3.8, 4) is 0 Å². The SMILES string of the molecule is Cc1cc(CC2CCCCNCC2)c2cc(CO)n(S(=O)(=O)c3ccccc3)c2c1. The third-order valence-electron chi connectivity index (χ3n) is 6.08. The fourth-order valence-corrected chi connectivity index (χ4v) is 6.14. The number of aryl methyl sites for hydroxylation is 1. The maximum Gasteiger partial charge on any atom is 0.268 e. The second-order valence-electron chi connectivity index (χ2n) is 8.34. The normalized spacial score (nSPS) is 18.3. The van der Waals surface area contributed by atoms with Gasteiger partial charge < -0.3 is 10.4 Å². The van der Waals surface area contributed by atoms with Crippen LogP contribution >= 0.6 is 0 Å². The Morgan fingerprint density at radius 1 is 1.07 bits per heavy atom. The summed E-state index contributed by atoms with van der Waals surface area (Å²) in [5.74, 6) is 0.578. The molecule has 4 rings (SSSR count). The lowest BCUT2D eigenvalue weighted by Crippen LogP contribution is -2.23. The first-order valence-electron chi connectivity index (χ1n) is 10.8. The topological polar surface area (TPSA) is 71.3 Å². The van der Waals surface area contributed by atoms with Crippen LogP contribution in [0.15, 0.2) is 53.4 Å². The second kappa shape index (κ2) is 8.92. The van der Waals surface area contributed by atoms with Crippen LogP contribution in [0.25, 0.3) is 10.9 Å². The molecule has 6 heteroatoms. The first kappa shape index (κ1) is 21.1. The fourth-order valence-electron chi connectivity index (χ4n) is 4.60. The molecule has 1 saturated heterocycles. The van der Waals surface area contributed by atoms with Crippen molar-refractivity contribution in [1.82, 2.24) is 9.29 Å². The predicted octanol–water partition coefficient (Wildman–Crippen LogP) is 4.00. The van der Waals surface area contributed by atoms with Crippen LogP contribution in [0.2, 0.25) is 0 Å². The minimum atomic E-state index is -3.80. The molecule has 30 heavy (non-hydrogen) atoms. The number of aliphatic hydroxyl groups is 1. The smallest absolute Gasteiger partial charge is 0.268 e. The Morgan fingerprint density at radius 3 is 2.63 bits per heavy atom. The lowest BCUT2D eigenvalue weighted by atomic mass is 9.88. The summed E-state index contributed by atoms with van der Waals surface area (Å²) in [6.07, 6.45) is 5.69. The third-order valence-corrected chi connectivity index (χ3v) is 7.86. The van der Waals surface area contributed by atoms with E-state index in [1.54, 1.807) is 30.3 Å². The van der Waals surface area contributed by atoms with Crippen LogP contribution < -0.4 is 5.32 Å². The molecule has 0 aliphatic carbocycles. The molecule has 1 aliphatic rings. The summed E-state index contributed by atoms with van der Waals surface area (Å²) >= 11 is 0. The highest BCUT2D eigenvalue weighted by Crippen LogP contribution is 2.32. The number of hydrogen-bond acceptors (Lipinski definition) is 4. The van der Waals surface area contributed by atoms with Crippen LogP contribution in [0.4, 0.5) is 0 Å². The zero-order valence-electron chi connectivity index (χ0n) is 17.5. The Morgan fingerprint density at radius 2 is 1.87 bits per heavy atom. The number of nitrogens with zero attached hydrogens (tertiary/aromatic N) is 1. The molecule has 2 heterocycles. The van der Waals surface area contributed by atoms with Crippen molar-refractivity contribution in [3.63, 3.8) is 0 Å². The molecular formula is C24H30N2O3S. The first-order valence-corrected chi connectivity index (χ1v) is 12.2. The van der Waals surface area contributed by atoms with E-state index in [4.69, 9.17) is 0 Å². The summed E-state index contributed by atoms with van der Waals surface area (Å²) in [6.45, 7) is 3.81. The Bertz CT molecular complexity index is 1110. The van der Waals surface area contributed by atoms with Crippen molar-refractivity contribution >= 4 is 20.9 Å². The van der Waals surface area contributed by atoms with Gasteiger partial charge >= 0.3 is 0 Å². The highest BCUT2D eigenvalue weighted by atomic mass is 32.2. The molecule has 0 amide bonds. The molecule has 1 fully saturated rings. The number of aromatic nitrogens is 1. The molecule has 1 aromatic heterocycles. The summed E-state index contributed by atoms with van der Waals surface area (Å²) in [6, 6.07) is 14.4. The number of aliphatic hydroxyl groups excluding tert-OH is 1. The lowest BCUT2D eigenvalue weighted by molar-refractivity contribution is 0.276. The third kappa shape index (κ3) is 4.17. The zero-order valence-corrected chi connectivity index (χ0v) is 18.3. The average molecular weight is 427 g/mol. The van der Waals surface area contributed by atoms with Gasteiger partial charge in [-0.2, -0.15) is 0 Å². The predicted molar refractivity (Wildman–Crippen MR) is 120 cm³/mol. The van der Waals surface area contributed by atoms with Crippen molar-refractivity contribution in [3.05, 3.63) is 65.4 Å². The highest BCUT2D eigenvalue weighted by Gasteiger charge is 2.24. The Labute approximate surface area is 178 Å². The number of hydrogen-bond donors (Lipinski definition) is 2. The van der Waals surface area contributed by atoms with E-state index in [1.165, 1.54) is 28.8 Å². The zero-order chi connectivity index (χ0) is 21.1. The number of benzene rings is 2. The molecule has 160 valence electrons. The molecule has 2 aromatic carbocycles. The van der Waals surface area contributed by atoms with Gasteiger partial charge in [0.1, 0.15) is 0 Å². The van der Waals surface area contributed by atoms with Gasteiger partial charge in [-0.1, -0.05) is 37.1 Å². The maximum atomic E-state index is 13.4. The summed E-state index contributed by atoms with van der Waals surface area (Å²) in [7, 11) is -3.80. The fraction of sp³-hybridized carbons (Fsp3) is 0.417. The van der Waals surface area contributed by atoms with Gasteiger partial charge in [0.25, 0.3) is 10.0 Å². The molecule has 0 spiro atoms. The number of nitrogens with one attached hydrogen (secondary N) is 1. The van der Waals surface area contributed by atoms with Crippen molar-refractivity contribution in [1.29, 1.82) is 0 Å². The summed E-state index contributed by atoms with van der Waals surface area (Å²) in [5, 5.41) is 14.4. The quantitative estimate of drug-likeness (QED) is 0.647. The Kier molecular flexibility index (Phi) is 6.27. The van der Waals surface area contributed by atoms with Crippen molar-refractivity contribution in [2.24, 2.45) is 5.92 Å². The van der Waals surface area contributed by atoms with E-state index in [0.717, 1.165) is 36.9 Å². The van der Waals surface area contributed by atoms with E-state index < -0.39 is 10.0 Å². The van der Waals surface area contributed by atoms with E-state index >= 15 is 0 Å². The summed E-state index contributed by atoms with van der Waals surface area (Å²) < 4.78 is 28.2. The van der Waals surface area contributed by atoms with Crippen LogP contribution in [0.1, 0.15) is 42.5 Å². The van der Waals surface area contributed by atoms with Crippen LogP contribution in [-0.4, -0.2) is 30.6 Å². The van der Waals surface area contributed by atoms with E-state index in [2.05, 4.69) is 11.4 Å². The van der Waals surface area contributed by atoms with E-state index in [1.807, 2.05) is 19.1 Å². The minimum absolute atomic E-state index is 0.228. The Balaban J connectivity index is 1.81. The molecule has 0 bridgehead atoms. The summed E-state index contributed by atoms with van der Waals surface area (Å²) in [5.41, 5.74) is 3.27. The van der Waals surface area contributed by atoms with Crippen LogP contribution in [0.3, 0.4) is 0 Å². The van der Waals surface area contributed by atoms with Gasteiger partial charge in [-0.05, 0) is 80.6 Å². The van der Waals surface area contributed by atoms with Gasteiger partial charge in [-0.15, -0.1) is 0 Å². The van der Waals surface area contributed by atoms with Gasteiger partial charge in [0.15, 0.2) is 0 Å². The molecule has 3 aromatic rings. The van der Waals surface area contributed by atoms with Crippen LogP contribution in [0, 0.1) is 12.8 Å². The molecular weight excluding hydrogens is 396 g/mol. The van der Waals surface area contributed by atoms with Crippen LogP contribution in [-0.2, 0) is 23.1 Å². The van der Waals surface area contributed by atoms with Gasteiger partial charge in [-0.3, -0.25) is 0 Å². The second-order valence-corrected chi connectivity index (χ2v) is 10.1. The first-order chi connectivity index (χ1) is 14.5. The number of rotatable bonds is 5. The molecule has 0 saturated carbocycles. The highest BCUT2D eigenvalue weighted by molar-refractivity contribution is 7.90. The molecule has 1 unspecified atom stereocenters. The van der Waals surface area contributed by atoms with E-state index in [0.29, 0.717) is 17.1 Å². The molecule has 2 N–H and O–H groups in total. The van der Waals surface area contributed by atoms with Gasteiger partial charge in [-0.25, -0.2) is 12.4 Å². The van der Waals surface area contributed by atoms with Crippen LogP contribution in [0.5, 0.6) is 0 Å². The largest absolute Gasteiger partial charge is 0.390 e. The molecule has 0 radical (unpaired) electrons. The Hall–Kier alpha value is -2.15. The molecule has 5 nitrogen and oxygen atoms in total. The van der Waals surface area contributed by atoms with E-state index in [9.17, 15) is 13.5 Å². The molecule has 1 atom stereocenters. The lowest BCUT2D eigenvalue weighted by Gasteiger charge is -2.21. The summed E-state index contributed by atoms with van der Waals surface area (Å²) in [4.78, 5) is 0.228. The molecule has 1 aliphatic heterocycles. The monoisotopic (exact) mass is 426 g/mol. The minimum Gasteiger partial charge on any atom is -0.390 e. The maximum absolute atomic E-state index is 13.4. The van der Waals surface area contributed by atoms with Crippen molar-refractivity contribution in [2.45, 2.75) is 50.5 Å². The van der Waals surface area contributed by atoms with E-state index in [-0.39, 0.29) is 11.5 Å². The standard InChI is InChI=1S/C24H30N2O3S/c1-18-13-20(15-19-7-5-6-11-25-12-10-19)23-16-21(17-27)26(24(23)14-18)30(28,29)22-8-3-2-4-9-22/h2-4,8-9,13-14,16,19,25,27H,5-7,10-12,15,17H2,1H3. The van der Waals surface area contributed by atoms with Gasteiger partial charge in [0, 0.05) is 5.39 Å². The average Bonchev–Trinajstić information content (AvgIpc) is 3.10. The van der Waals surface area contributed by atoms with Crippen molar-refractivity contribution in [2.75, 3.05) is 13.1 Å². The van der Waals surface area contributed by atoms with Gasteiger partial charge in [0.2, 0.25) is 0 Å². The number of fused-ring (bicyclic) bond motifs is 1.